The first-order valence-electron chi connectivity index (χ1n) is 8.43. The van der Waals surface area contributed by atoms with Gasteiger partial charge in [-0.1, -0.05) is 37.3 Å². The van der Waals surface area contributed by atoms with Crippen LogP contribution in [-0.2, 0) is 10.3 Å². The Morgan fingerprint density at radius 2 is 1.81 bits per heavy atom. The Labute approximate surface area is 152 Å². The number of rotatable bonds is 6. The van der Waals surface area contributed by atoms with Gasteiger partial charge in [0.05, 0.1) is 18.2 Å². The average Bonchev–Trinajstić information content (AvgIpc) is 2.94. The fourth-order valence-electron chi connectivity index (χ4n) is 3.07. The molecular weight excluding hydrogens is 330 g/mol. The number of hydrogen-bond acceptors (Lipinski definition) is 4. The number of imide groups is 1. The molecule has 0 aliphatic carbocycles. The van der Waals surface area contributed by atoms with Gasteiger partial charge in [-0.3, -0.25) is 9.69 Å². The lowest BCUT2D eigenvalue weighted by molar-refractivity contribution is -0.132. The van der Waals surface area contributed by atoms with Crippen molar-refractivity contribution in [3.8, 4) is 11.8 Å². The number of urea groups is 1. The Balaban J connectivity index is 1.68. The van der Waals surface area contributed by atoms with E-state index >= 15 is 0 Å². The van der Waals surface area contributed by atoms with Gasteiger partial charge < -0.3 is 10.1 Å². The molecule has 1 aliphatic heterocycles. The van der Waals surface area contributed by atoms with Crippen LogP contribution in [-0.4, -0.2) is 30.0 Å². The lowest BCUT2D eigenvalue weighted by Gasteiger charge is -2.25. The second-order valence-electron chi connectivity index (χ2n) is 6.00. The first kappa shape index (κ1) is 17.5. The van der Waals surface area contributed by atoms with Crippen LogP contribution in [0.5, 0.6) is 5.75 Å². The van der Waals surface area contributed by atoms with Gasteiger partial charge in [0.25, 0.3) is 5.91 Å². The summed E-state index contributed by atoms with van der Waals surface area (Å²) in [5.41, 5.74) is 0.297. The monoisotopic (exact) mass is 349 g/mol. The van der Waals surface area contributed by atoms with Gasteiger partial charge in [-0.15, -0.1) is 0 Å². The van der Waals surface area contributed by atoms with E-state index in [1.54, 1.807) is 24.3 Å². The molecule has 3 rings (SSSR count). The minimum absolute atomic E-state index is 0.152. The average molecular weight is 349 g/mol. The summed E-state index contributed by atoms with van der Waals surface area (Å²) in [7, 11) is 0. The van der Waals surface area contributed by atoms with Gasteiger partial charge in [-0.2, -0.15) is 5.26 Å². The summed E-state index contributed by atoms with van der Waals surface area (Å²) in [6.45, 7) is 2.21. The van der Waals surface area contributed by atoms with Crippen molar-refractivity contribution >= 4 is 11.9 Å². The molecule has 1 heterocycles. The van der Waals surface area contributed by atoms with Crippen molar-refractivity contribution in [2.45, 2.75) is 18.9 Å². The van der Waals surface area contributed by atoms with Crippen LogP contribution in [0, 0.1) is 11.3 Å². The van der Waals surface area contributed by atoms with E-state index < -0.39 is 11.6 Å². The summed E-state index contributed by atoms with van der Waals surface area (Å²) >= 11 is 0. The number of carbonyl (C=O) groups excluding carboxylic acids is 2. The minimum atomic E-state index is -1.02. The third kappa shape index (κ3) is 3.11. The van der Waals surface area contributed by atoms with E-state index in [2.05, 4.69) is 5.32 Å². The van der Waals surface area contributed by atoms with Crippen molar-refractivity contribution in [2.24, 2.45) is 0 Å². The van der Waals surface area contributed by atoms with Crippen LogP contribution in [0.3, 0.4) is 0 Å². The highest BCUT2D eigenvalue weighted by Gasteiger charge is 2.50. The van der Waals surface area contributed by atoms with Crippen LogP contribution in [0.4, 0.5) is 4.79 Å². The second-order valence-corrected chi connectivity index (χ2v) is 6.00. The van der Waals surface area contributed by atoms with Crippen molar-refractivity contribution < 1.29 is 14.3 Å². The Kier molecular flexibility index (Phi) is 4.90. The van der Waals surface area contributed by atoms with Crippen LogP contribution in [0.25, 0.3) is 0 Å². The molecule has 1 atom stereocenters. The molecular formula is C20H19N3O3. The van der Waals surface area contributed by atoms with Gasteiger partial charge in [0.15, 0.2) is 0 Å². The number of carbonyl (C=O) groups is 2. The van der Waals surface area contributed by atoms with Crippen molar-refractivity contribution in [3.05, 3.63) is 65.7 Å². The van der Waals surface area contributed by atoms with Gasteiger partial charge in [0.2, 0.25) is 0 Å². The maximum Gasteiger partial charge on any atom is 0.325 e. The fraction of sp³-hybridized carbons (Fsp3) is 0.250. The van der Waals surface area contributed by atoms with Crippen molar-refractivity contribution in [1.29, 1.82) is 5.26 Å². The maximum absolute atomic E-state index is 12.9. The van der Waals surface area contributed by atoms with Crippen LogP contribution in [0.1, 0.15) is 24.5 Å². The van der Waals surface area contributed by atoms with Crippen molar-refractivity contribution in [3.63, 3.8) is 0 Å². The smallest absolute Gasteiger partial charge is 0.325 e. The molecule has 3 amide bonds. The Bertz CT molecular complexity index is 843. The normalized spacial score (nSPS) is 19.2. The van der Waals surface area contributed by atoms with Crippen LogP contribution >= 0.6 is 0 Å². The molecule has 2 aromatic rings. The summed E-state index contributed by atoms with van der Waals surface area (Å²) < 4.78 is 5.59. The summed E-state index contributed by atoms with van der Waals surface area (Å²) in [4.78, 5) is 26.5. The topological polar surface area (TPSA) is 82.4 Å². The van der Waals surface area contributed by atoms with Crippen LogP contribution in [0.15, 0.2) is 54.6 Å². The Hall–Kier alpha value is -3.33. The fourth-order valence-corrected chi connectivity index (χ4v) is 3.07. The number of benzene rings is 2. The zero-order chi connectivity index (χ0) is 18.6. The molecule has 132 valence electrons. The molecule has 1 fully saturated rings. The minimum Gasteiger partial charge on any atom is -0.492 e. The Morgan fingerprint density at radius 3 is 2.42 bits per heavy atom. The van der Waals surface area contributed by atoms with Crippen LogP contribution in [0.2, 0.25) is 0 Å². The van der Waals surface area contributed by atoms with Gasteiger partial charge >= 0.3 is 6.03 Å². The summed E-state index contributed by atoms with van der Waals surface area (Å²) in [5, 5.41) is 11.6. The molecule has 2 aromatic carbocycles. The van der Waals surface area contributed by atoms with Gasteiger partial charge in [-0.05, 0) is 36.2 Å². The molecule has 26 heavy (non-hydrogen) atoms. The van der Waals surface area contributed by atoms with E-state index in [9.17, 15) is 9.59 Å². The first-order chi connectivity index (χ1) is 12.6. The number of nitrogens with zero attached hydrogens (tertiary/aromatic N) is 2. The second kappa shape index (κ2) is 7.28. The number of nitriles is 1. The van der Waals surface area contributed by atoms with Crippen molar-refractivity contribution in [1.82, 2.24) is 10.2 Å². The lowest BCUT2D eigenvalue weighted by Crippen LogP contribution is -2.43. The van der Waals surface area contributed by atoms with Crippen molar-refractivity contribution in [2.75, 3.05) is 13.2 Å². The molecule has 0 radical (unpaired) electrons. The van der Waals surface area contributed by atoms with E-state index in [-0.39, 0.29) is 19.1 Å². The quantitative estimate of drug-likeness (QED) is 0.813. The number of nitrogens with one attached hydrogen (secondary N) is 1. The van der Waals surface area contributed by atoms with E-state index in [1.807, 2.05) is 43.3 Å². The van der Waals surface area contributed by atoms with Gasteiger partial charge in [0.1, 0.15) is 17.9 Å². The molecule has 1 aliphatic rings. The lowest BCUT2D eigenvalue weighted by atomic mass is 9.87. The standard InChI is InChI=1S/C20H19N3O3/c1-2-20(16-6-4-3-5-7-16)18(24)23(19(25)22-20)12-13-26-17-10-8-15(14-21)9-11-17/h3-11H,2,12-13H2,1H3,(H,22,25)/t20-/m1/s1. The van der Waals surface area contributed by atoms with Gasteiger partial charge in [0, 0.05) is 0 Å². The third-order valence-electron chi connectivity index (χ3n) is 4.54. The number of hydrogen-bond donors (Lipinski definition) is 1. The molecule has 0 bridgehead atoms. The van der Waals surface area contributed by atoms with E-state index in [0.29, 0.717) is 17.7 Å². The number of amides is 3. The highest BCUT2D eigenvalue weighted by Crippen LogP contribution is 2.32. The SMILES string of the molecule is CC[C@]1(c2ccccc2)NC(=O)N(CCOc2ccc(C#N)cc2)C1=O. The zero-order valence-corrected chi connectivity index (χ0v) is 14.4. The predicted molar refractivity (Wildman–Crippen MR) is 95.3 cm³/mol. The Morgan fingerprint density at radius 1 is 1.12 bits per heavy atom. The number of ether oxygens (including phenoxy) is 1. The molecule has 0 spiro atoms. The molecule has 1 saturated heterocycles. The largest absolute Gasteiger partial charge is 0.492 e. The van der Waals surface area contributed by atoms with E-state index in [1.165, 1.54) is 4.90 Å². The summed E-state index contributed by atoms with van der Waals surface area (Å²) in [6.07, 6.45) is 0.467. The zero-order valence-electron chi connectivity index (χ0n) is 14.4. The van der Waals surface area contributed by atoms with E-state index in [4.69, 9.17) is 10.00 Å². The molecule has 6 heteroatoms. The molecule has 0 aromatic heterocycles. The first-order valence-corrected chi connectivity index (χ1v) is 8.43. The predicted octanol–water partition coefficient (Wildman–Crippen LogP) is 2.79. The van der Waals surface area contributed by atoms with Gasteiger partial charge in [-0.25, -0.2) is 4.79 Å². The highest BCUT2D eigenvalue weighted by molar-refractivity contribution is 6.07. The molecule has 1 N–H and O–H groups in total. The molecule has 6 nitrogen and oxygen atoms in total. The third-order valence-corrected chi connectivity index (χ3v) is 4.54. The highest BCUT2D eigenvalue weighted by atomic mass is 16.5. The maximum atomic E-state index is 12.9. The van der Waals surface area contributed by atoms with E-state index in [0.717, 1.165) is 5.56 Å². The van der Waals surface area contributed by atoms with Crippen LogP contribution < -0.4 is 10.1 Å². The molecule has 0 saturated carbocycles. The summed E-state index contributed by atoms with van der Waals surface area (Å²) in [6, 6.07) is 17.6. The summed E-state index contributed by atoms with van der Waals surface area (Å²) in [5.74, 6) is 0.320. The molecule has 0 unspecified atom stereocenters.